The van der Waals surface area contributed by atoms with Gasteiger partial charge >= 0.3 is 6.61 Å². The Hall–Kier alpha value is -2.47. The lowest BCUT2D eigenvalue weighted by Crippen LogP contribution is -2.19. The van der Waals surface area contributed by atoms with Gasteiger partial charge in [-0.3, -0.25) is 4.79 Å². The van der Waals surface area contributed by atoms with E-state index in [-0.39, 0.29) is 5.75 Å². The molecule has 0 spiro atoms. The summed E-state index contributed by atoms with van der Waals surface area (Å²) in [5.41, 5.74) is 3.80. The molecule has 0 saturated carbocycles. The fourth-order valence-electron chi connectivity index (χ4n) is 1.76. The second kappa shape index (κ2) is 7.69. The van der Waals surface area contributed by atoms with Crippen LogP contribution in [0.25, 0.3) is 0 Å². The van der Waals surface area contributed by atoms with Gasteiger partial charge in [0.15, 0.2) is 0 Å². The van der Waals surface area contributed by atoms with Gasteiger partial charge in [0.1, 0.15) is 5.75 Å². The van der Waals surface area contributed by atoms with Gasteiger partial charge in [-0.05, 0) is 43.3 Å². The second-order valence-corrected chi connectivity index (χ2v) is 4.99. The zero-order valence-electron chi connectivity index (χ0n) is 12.1. The number of carbonyl (C=O) groups excluding carboxylic acids is 1. The minimum Gasteiger partial charge on any atom is -0.435 e. The quantitative estimate of drug-likeness (QED) is 0.659. The van der Waals surface area contributed by atoms with E-state index in [0.29, 0.717) is 21.9 Å². The largest absolute Gasteiger partial charge is 0.435 e. The van der Waals surface area contributed by atoms with E-state index >= 15 is 0 Å². The predicted octanol–water partition coefficient (Wildman–Crippen LogP) is 4.10. The molecule has 23 heavy (non-hydrogen) atoms. The molecule has 2 aromatic rings. The Morgan fingerprint density at radius 1 is 1.17 bits per heavy atom. The molecule has 0 heterocycles. The molecule has 0 aliphatic carbocycles. The number of nitrogens with one attached hydrogen (secondary N) is 1. The average Bonchev–Trinajstić information content (AvgIpc) is 2.52. The van der Waals surface area contributed by atoms with E-state index in [2.05, 4.69) is 15.3 Å². The van der Waals surface area contributed by atoms with Crippen molar-refractivity contribution in [3.8, 4) is 5.75 Å². The Morgan fingerprint density at radius 3 is 2.52 bits per heavy atom. The molecule has 0 aliphatic rings. The van der Waals surface area contributed by atoms with Crippen molar-refractivity contribution in [2.75, 3.05) is 0 Å². The molecule has 120 valence electrons. The summed E-state index contributed by atoms with van der Waals surface area (Å²) in [6.07, 6.45) is 0. The summed E-state index contributed by atoms with van der Waals surface area (Å²) in [6, 6.07) is 12.4. The predicted molar refractivity (Wildman–Crippen MR) is 84.2 cm³/mol. The van der Waals surface area contributed by atoms with Crippen molar-refractivity contribution in [3.63, 3.8) is 0 Å². The van der Waals surface area contributed by atoms with Crippen LogP contribution in [0.2, 0.25) is 5.02 Å². The smallest absolute Gasteiger partial charge is 0.387 e. The van der Waals surface area contributed by atoms with E-state index in [1.165, 1.54) is 12.1 Å². The van der Waals surface area contributed by atoms with Crippen molar-refractivity contribution >= 4 is 23.2 Å². The molecule has 0 bridgehead atoms. The van der Waals surface area contributed by atoms with Crippen molar-refractivity contribution < 1.29 is 18.3 Å². The molecular weight excluding hydrogens is 326 g/mol. The van der Waals surface area contributed by atoms with Gasteiger partial charge in [0.25, 0.3) is 5.91 Å². The SMILES string of the molecule is C/C(=N/NC(=O)c1ccc(Cl)cc1)c1cccc(OC(F)F)c1. The first kappa shape index (κ1) is 16.9. The first-order valence-corrected chi connectivity index (χ1v) is 6.99. The van der Waals surface area contributed by atoms with Gasteiger partial charge in [-0.2, -0.15) is 13.9 Å². The molecule has 1 amide bonds. The van der Waals surface area contributed by atoms with Gasteiger partial charge in [0.2, 0.25) is 0 Å². The molecule has 7 heteroatoms. The zero-order chi connectivity index (χ0) is 16.8. The standard InChI is InChI=1S/C16H13ClF2N2O2/c1-10(12-3-2-4-14(9-12)23-16(18)19)20-21-15(22)11-5-7-13(17)8-6-11/h2-9,16H,1H3,(H,21,22)/b20-10-. The maximum atomic E-state index is 12.2. The normalized spacial score (nSPS) is 11.4. The number of nitrogens with zero attached hydrogens (tertiary/aromatic N) is 1. The molecule has 4 nitrogen and oxygen atoms in total. The topological polar surface area (TPSA) is 50.7 Å². The Bertz CT molecular complexity index is 718. The van der Waals surface area contributed by atoms with Crippen LogP contribution < -0.4 is 10.2 Å². The second-order valence-electron chi connectivity index (χ2n) is 4.55. The van der Waals surface area contributed by atoms with E-state index < -0.39 is 12.5 Å². The summed E-state index contributed by atoms with van der Waals surface area (Å²) >= 11 is 5.75. The number of hydrogen-bond donors (Lipinski definition) is 1. The Morgan fingerprint density at radius 2 is 1.87 bits per heavy atom. The Labute approximate surface area is 136 Å². The maximum absolute atomic E-state index is 12.2. The maximum Gasteiger partial charge on any atom is 0.387 e. The lowest BCUT2D eigenvalue weighted by atomic mass is 10.1. The third-order valence-corrected chi connectivity index (χ3v) is 3.16. The summed E-state index contributed by atoms with van der Waals surface area (Å²) in [6.45, 7) is -1.25. The van der Waals surface area contributed by atoms with Gasteiger partial charge in [-0.1, -0.05) is 23.7 Å². The van der Waals surface area contributed by atoms with Crippen molar-refractivity contribution in [2.24, 2.45) is 5.10 Å². The lowest BCUT2D eigenvalue weighted by Gasteiger charge is -2.07. The van der Waals surface area contributed by atoms with Crippen LogP contribution in [0.4, 0.5) is 8.78 Å². The van der Waals surface area contributed by atoms with Gasteiger partial charge in [-0.25, -0.2) is 5.43 Å². The zero-order valence-corrected chi connectivity index (χ0v) is 12.8. The summed E-state index contributed by atoms with van der Waals surface area (Å²) in [5, 5.41) is 4.48. The molecule has 0 aromatic heterocycles. The van der Waals surface area contributed by atoms with Crippen LogP contribution in [0.1, 0.15) is 22.8 Å². The molecular formula is C16H13ClF2N2O2. The number of ether oxygens (including phenoxy) is 1. The molecule has 0 atom stereocenters. The van der Waals surface area contributed by atoms with Crippen LogP contribution in [0.5, 0.6) is 5.75 Å². The van der Waals surface area contributed by atoms with Crippen LogP contribution in [0.3, 0.4) is 0 Å². The van der Waals surface area contributed by atoms with E-state index in [9.17, 15) is 13.6 Å². The summed E-state index contributed by atoms with van der Waals surface area (Å²) in [7, 11) is 0. The average molecular weight is 339 g/mol. The van der Waals surface area contributed by atoms with Gasteiger partial charge in [-0.15, -0.1) is 0 Å². The van der Waals surface area contributed by atoms with Crippen molar-refractivity contribution in [2.45, 2.75) is 13.5 Å². The first-order chi connectivity index (χ1) is 11.0. The molecule has 2 aromatic carbocycles. The van der Waals surface area contributed by atoms with Gasteiger partial charge in [0, 0.05) is 16.1 Å². The summed E-state index contributed by atoms with van der Waals surface area (Å²) < 4.78 is 28.7. The van der Waals surface area contributed by atoms with Crippen LogP contribution in [-0.2, 0) is 0 Å². The number of benzene rings is 2. The third kappa shape index (κ3) is 5.03. The van der Waals surface area contributed by atoms with Gasteiger partial charge in [0.05, 0.1) is 5.71 Å². The number of hydrazone groups is 1. The number of halogens is 3. The monoisotopic (exact) mass is 338 g/mol. The third-order valence-electron chi connectivity index (χ3n) is 2.91. The molecule has 0 unspecified atom stereocenters. The van der Waals surface area contributed by atoms with E-state index in [1.807, 2.05) is 0 Å². The number of amides is 1. The number of carbonyl (C=O) groups is 1. The van der Waals surface area contributed by atoms with Crippen LogP contribution >= 0.6 is 11.6 Å². The summed E-state index contributed by atoms with van der Waals surface area (Å²) in [4.78, 5) is 11.9. The highest BCUT2D eigenvalue weighted by Crippen LogP contribution is 2.16. The fourth-order valence-corrected chi connectivity index (χ4v) is 1.89. The van der Waals surface area contributed by atoms with E-state index in [1.54, 1.807) is 43.3 Å². The molecule has 1 N–H and O–H groups in total. The molecule has 2 rings (SSSR count). The minimum absolute atomic E-state index is 0.0241. The highest BCUT2D eigenvalue weighted by atomic mass is 35.5. The highest BCUT2D eigenvalue weighted by Gasteiger charge is 2.07. The Balaban J connectivity index is 2.07. The minimum atomic E-state index is -2.90. The van der Waals surface area contributed by atoms with Crippen LogP contribution in [-0.4, -0.2) is 18.2 Å². The van der Waals surface area contributed by atoms with Crippen molar-refractivity contribution in [1.29, 1.82) is 0 Å². The summed E-state index contributed by atoms with van der Waals surface area (Å²) in [5.74, 6) is -0.378. The van der Waals surface area contributed by atoms with E-state index in [4.69, 9.17) is 11.6 Å². The van der Waals surface area contributed by atoms with E-state index in [0.717, 1.165) is 0 Å². The Kier molecular flexibility index (Phi) is 5.65. The number of alkyl halides is 2. The number of rotatable bonds is 5. The van der Waals surface area contributed by atoms with Gasteiger partial charge < -0.3 is 4.74 Å². The lowest BCUT2D eigenvalue weighted by molar-refractivity contribution is -0.0498. The molecule has 0 saturated heterocycles. The molecule has 0 radical (unpaired) electrons. The van der Waals surface area contributed by atoms with Crippen molar-refractivity contribution in [1.82, 2.24) is 5.43 Å². The highest BCUT2D eigenvalue weighted by molar-refractivity contribution is 6.30. The number of hydrogen-bond acceptors (Lipinski definition) is 3. The van der Waals surface area contributed by atoms with Crippen LogP contribution in [0.15, 0.2) is 53.6 Å². The molecule has 0 aliphatic heterocycles. The first-order valence-electron chi connectivity index (χ1n) is 6.61. The van der Waals surface area contributed by atoms with Crippen molar-refractivity contribution in [3.05, 3.63) is 64.7 Å². The van der Waals surface area contributed by atoms with Crippen LogP contribution in [0, 0.1) is 0 Å². The molecule has 0 fully saturated rings. The fraction of sp³-hybridized carbons (Fsp3) is 0.125.